The van der Waals surface area contributed by atoms with E-state index in [0.717, 1.165) is 11.7 Å². The first-order valence-corrected chi connectivity index (χ1v) is 6.33. The summed E-state index contributed by atoms with van der Waals surface area (Å²) in [6.07, 6.45) is 2.33. The Morgan fingerprint density at radius 3 is 2.53 bits per heavy atom. The summed E-state index contributed by atoms with van der Waals surface area (Å²) in [4.78, 5) is 4.34. The standard InChI is InChI=1S/C13H22N2O2/c1-7-9(3)16-10(4)12(7)11-6-15-13(17-11)8(2)14-5/h6-10,12,14H,1-5H3. The normalized spacial score (nSPS) is 35.1. The molecule has 0 aromatic carbocycles. The smallest absolute Gasteiger partial charge is 0.211 e. The maximum atomic E-state index is 5.86. The molecule has 0 radical (unpaired) electrons. The molecule has 1 aromatic heterocycles. The van der Waals surface area contributed by atoms with Crippen LogP contribution >= 0.6 is 0 Å². The molecule has 5 unspecified atom stereocenters. The van der Waals surface area contributed by atoms with E-state index < -0.39 is 0 Å². The van der Waals surface area contributed by atoms with Crippen LogP contribution in [0, 0.1) is 5.92 Å². The number of nitrogens with zero attached hydrogens (tertiary/aromatic N) is 1. The molecule has 1 aliphatic rings. The number of hydrogen-bond acceptors (Lipinski definition) is 4. The van der Waals surface area contributed by atoms with Gasteiger partial charge >= 0.3 is 0 Å². The Morgan fingerprint density at radius 2 is 2.00 bits per heavy atom. The number of rotatable bonds is 3. The average molecular weight is 238 g/mol. The molecule has 1 aliphatic heterocycles. The number of hydrogen-bond donors (Lipinski definition) is 1. The van der Waals surface area contributed by atoms with Crippen molar-refractivity contribution in [2.75, 3.05) is 7.05 Å². The molecule has 2 heterocycles. The van der Waals surface area contributed by atoms with E-state index in [1.54, 1.807) is 0 Å². The zero-order valence-electron chi connectivity index (χ0n) is 11.2. The molecule has 17 heavy (non-hydrogen) atoms. The van der Waals surface area contributed by atoms with Crippen LogP contribution in [0.5, 0.6) is 0 Å². The lowest BCUT2D eigenvalue weighted by molar-refractivity contribution is 0.0547. The van der Waals surface area contributed by atoms with Crippen LogP contribution in [0.4, 0.5) is 0 Å². The molecule has 4 nitrogen and oxygen atoms in total. The van der Waals surface area contributed by atoms with Crippen LogP contribution in [0.3, 0.4) is 0 Å². The predicted molar refractivity (Wildman–Crippen MR) is 65.9 cm³/mol. The van der Waals surface area contributed by atoms with Crippen LogP contribution in [0.2, 0.25) is 0 Å². The Hall–Kier alpha value is -0.870. The Labute approximate surface area is 103 Å². The van der Waals surface area contributed by atoms with Crippen LogP contribution in [0.1, 0.15) is 51.3 Å². The van der Waals surface area contributed by atoms with Gasteiger partial charge in [0.25, 0.3) is 0 Å². The van der Waals surface area contributed by atoms with Gasteiger partial charge in [-0.15, -0.1) is 0 Å². The highest BCUT2D eigenvalue weighted by atomic mass is 16.5. The summed E-state index contributed by atoms with van der Waals surface area (Å²) < 4.78 is 11.7. The number of ether oxygens (including phenoxy) is 1. The maximum absolute atomic E-state index is 5.86. The van der Waals surface area contributed by atoms with Crippen molar-refractivity contribution >= 4 is 0 Å². The number of nitrogens with one attached hydrogen (secondary N) is 1. The predicted octanol–water partition coefficient (Wildman–Crippen LogP) is 2.48. The largest absolute Gasteiger partial charge is 0.444 e. The van der Waals surface area contributed by atoms with Crippen molar-refractivity contribution in [3.63, 3.8) is 0 Å². The van der Waals surface area contributed by atoms with Crippen molar-refractivity contribution in [3.05, 3.63) is 17.8 Å². The van der Waals surface area contributed by atoms with Crippen molar-refractivity contribution in [2.24, 2.45) is 5.92 Å². The van der Waals surface area contributed by atoms with Gasteiger partial charge in [-0.25, -0.2) is 4.98 Å². The molecule has 1 saturated heterocycles. The molecule has 5 atom stereocenters. The lowest BCUT2D eigenvalue weighted by Gasteiger charge is -2.15. The highest BCUT2D eigenvalue weighted by Gasteiger charge is 2.40. The molecular formula is C13H22N2O2. The first-order valence-electron chi connectivity index (χ1n) is 6.33. The van der Waals surface area contributed by atoms with Crippen molar-refractivity contribution in [3.8, 4) is 0 Å². The van der Waals surface area contributed by atoms with E-state index in [1.807, 2.05) is 20.2 Å². The Kier molecular flexibility index (Phi) is 3.54. The molecule has 1 N–H and O–H groups in total. The van der Waals surface area contributed by atoms with Gasteiger partial charge in [0.05, 0.1) is 24.4 Å². The first-order chi connectivity index (χ1) is 8.04. The van der Waals surface area contributed by atoms with E-state index in [2.05, 4.69) is 31.1 Å². The van der Waals surface area contributed by atoms with E-state index in [9.17, 15) is 0 Å². The second-order valence-corrected chi connectivity index (χ2v) is 5.04. The third-order valence-electron chi connectivity index (χ3n) is 3.92. The molecule has 0 bridgehead atoms. The topological polar surface area (TPSA) is 47.3 Å². The highest BCUT2D eigenvalue weighted by molar-refractivity contribution is 5.10. The van der Waals surface area contributed by atoms with Crippen LogP contribution in [-0.2, 0) is 4.74 Å². The van der Waals surface area contributed by atoms with E-state index in [-0.39, 0.29) is 18.2 Å². The fraction of sp³-hybridized carbons (Fsp3) is 0.769. The van der Waals surface area contributed by atoms with Crippen LogP contribution in [0.15, 0.2) is 10.6 Å². The summed E-state index contributed by atoms with van der Waals surface area (Å²) in [5.74, 6) is 2.49. The zero-order chi connectivity index (χ0) is 12.6. The van der Waals surface area contributed by atoms with Crippen molar-refractivity contribution < 1.29 is 9.15 Å². The van der Waals surface area contributed by atoms with Gasteiger partial charge in [-0.1, -0.05) is 6.92 Å². The Balaban J connectivity index is 2.20. The van der Waals surface area contributed by atoms with E-state index >= 15 is 0 Å². The fourth-order valence-electron chi connectivity index (χ4n) is 2.54. The van der Waals surface area contributed by atoms with Crippen molar-refractivity contribution in [2.45, 2.75) is 51.9 Å². The minimum absolute atomic E-state index is 0.147. The minimum Gasteiger partial charge on any atom is -0.444 e. The van der Waals surface area contributed by atoms with Gasteiger partial charge in [-0.2, -0.15) is 0 Å². The molecular weight excluding hydrogens is 216 g/mol. The summed E-state index contributed by atoms with van der Waals surface area (Å²) in [6, 6.07) is 0.147. The maximum Gasteiger partial charge on any atom is 0.211 e. The quantitative estimate of drug-likeness (QED) is 0.878. The van der Waals surface area contributed by atoms with E-state index in [0.29, 0.717) is 11.8 Å². The van der Waals surface area contributed by atoms with Gasteiger partial charge in [-0.3, -0.25) is 0 Å². The molecule has 96 valence electrons. The van der Waals surface area contributed by atoms with Gasteiger partial charge in [0.1, 0.15) is 5.76 Å². The molecule has 0 spiro atoms. The van der Waals surface area contributed by atoms with E-state index in [4.69, 9.17) is 9.15 Å². The van der Waals surface area contributed by atoms with Crippen LogP contribution < -0.4 is 5.32 Å². The van der Waals surface area contributed by atoms with Gasteiger partial charge in [0, 0.05) is 5.92 Å². The number of oxazole rings is 1. The van der Waals surface area contributed by atoms with Gasteiger partial charge < -0.3 is 14.5 Å². The summed E-state index contributed by atoms with van der Waals surface area (Å²) >= 11 is 0. The average Bonchev–Trinajstić information content (AvgIpc) is 2.85. The molecule has 0 amide bonds. The van der Waals surface area contributed by atoms with Gasteiger partial charge in [0.2, 0.25) is 5.89 Å². The Bertz CT molecular complexity index is 377. The van der Waals surface area contributed by atoms with Crippen molar-refractivity contribution in [1.29, 1.82) is 0 Å². The van der Waals surface area contributed by atoms with E-state index in [1.165, 1.54) is 0 Å². The van der Waals surface area contributed by atoms with Gasteiger partial charge in [-0.05, 0) is 33.7 Å². The second-order valence-electron chi connectivity index (χ2n) is 5.04. The molecule has 4 heteroatoms. The second kappa shape index (κ2) is 4.78. The van der Waals surface area contributed by atoms with Crippen molar-refractivity contribution in [1.82, 2.24) is 10.3 Å². The highest BCUT2D eigenvalue weighted by Crippen LogP contribution is 2.40. The molecule has 0 aliphatic carbocycles. The monoisotopic (exact) mass is 238 g/mol. The minimum atomic E-state index is 0.147. The molecule has 0 saturated carbocycles. The summed E-state index contributed by atoms with van der Waals surface area (Å²) in [6.45, 7) is 8.47. The summed E-state index contributed by atoms with van der Waals surface area (Å²) in [5.41, 5.74) is 0. The van der Waals surface area contributed by atoms with Gasteiger partial charge in [0.15, 0.2) is 0 Å². The SMILES string of the molecule is CNC(C)c1ncc(C2C(C)OC(C)C2C)o1. The lowest BCUT2D eigenvalue weighted by atomic mass is 9.88. The summed E-state index contributed by atoms with van der Waals surface area (Å²) in [7, 11) is 1.90. The Morgan fingerprint density at radius 1 is 1.29 bits per heavy atom. The lowest BCUT2D eigenvalue weighted by Crippen LogP contribution is -2.14. The first kappa shape index (κ1) is 12.6. The molecule has 1 fully saturated rings. The third kappa shape index (κ3) is 2.24. The molecule has 1 aromatic rings. The van der Waals surface area contributed by atoms with Crippen LogP contribution in [0.25, 0.3) is 0 Å². The van der Waals surface area contributed by atoms with Crippen LogP contribution in [-0.4, -0.2) is 24.2 Å². The zero-order valence-corrected chi connectivity index (χ0v) is 11.2. The fourth-order valence-corrected chi connectivity index (χ4v) is 2.54. The molecule has 2 rings (SSSR count). The summed E-state index contributed by atoms with van der Waals surface area (Å²) in [5, 5.41) is 3.13. The number of aromatic nitrogens is 1. The third-order valence-corrected chi connectivity index (χ3v) is 3.92.